The van der Waals surface area contributed by atoms with E-state index in [1.807, 2.05) is 0 Å². The molecule has 4 rings (SSSR count). The minimum atomic E-state index is -0.474. The van der Waals surface area contributed by atoms with Gasteiger partial charge in [0, 0.05) is 4.88 Å². The lowest BCUT2D eigenvalue weighted by Gasteiger charge is -2.19. The summed E-state index contributed by atoms with van der Waals surface area (Å²) in [5.41, 5.74) is 1.64. The molecule has 2 aliphatic rings. The van der Waals surface area contributed by atoms with Crippen molar-refractivity contribution in [1.29, 1.82) is 0 Å². The van der Waals surface area contributed by atoms with Crippen LogP contribution in [0.2, 0.25) is 0 Å². The fraction of sp³-hybridized carbons (Fsp3) is 0.455. The fourth-order valence-electron chi connectivity index (χ4n) is 4.14. The van der Waals surface area contributed by atoms with E-state index in [0.29, 0.717) is 23.0 Å². The van der Waals surface area contributed by atoms with Crippen LogP contribution in [0.1, 0.15) is 47.0 Å². The lowest BCUT2D eigenvalue weighted by molar-refractivity contribution is -0.117. The summed E-state index contributed by atoms with van der Waals surface area (Å²) >= 11 is 1.49. The van der Waals surface area contributed by atoms with Crippen LogP contribution in [0.25, 0.3) is 0 Å². The van der Waals surface area contributed by atoms with Crippen LogP contribution in [-0.2, 0) is 17.6 Å². The van der Waals surface area contributed by atoms with E-state index in [9.17, 15) is 14.0 Å². The van der Waals surface area contributed by atoms with Crippen LogP contribution in [-0.4, -0.2) is 36.3 Å². The lowest BCUT2D eigenvalue weighted by Crippen LogP contribution is -2.31. The Hall–Kier alpha value is -2.25. The molecule has 29 heavy (non-hydrogen) atoms. The van der Waals surface area contributed by atoms with Crippen LogP contribution in [0.3, 0.4) is 0 Å². The largest absolute Gasteiger partial charge is 0.319 e. The Balaban J connectivity index is 1.59. The normalized spacial score (nSPS) is 19.0. The first-order chi connectivity index (χ1) is 14.0. The van der Waals surface area contributed by atoms with Crippen LogP contribution >= 0.6 is 11.3 Å². The van der Waals surface area contributed by atoms with E-state index in [1.165, 1.54) is 17.4 Å². The van der Waals surface area contributed by atoms with Gasteiger partial charge in [-0.3, -0.25) is 14.5 Å². The van der Waals surface area contributed by atoms with E-state index >= 15 is 0 Å². The minimum Gasteiger partial charge on any atom is -0.319 e. The van der Waals surface area contributed by atoms with Crippen molar-refractivity contribution in [1.82, 2.24) is 4.90 Å². The smallest absolute Gasteiger partial charge is 0.259 e. The third-order valence-corrected chi connectivity index (χ3v) is 6.85. The molecule has 1 fully saturated rings. The van der Waals surface area contributed by atoms with Crippen molar-refractivity contribution >= 4 is 33.8 Å². The molecule has 1 aromatic heterocycles. The second-order valence-corrected chi connectivity index (χ2v) is 9.13. The SMILES string of the molecule is C[C@@H]1CCc2c(sc(NC(=O)CN3CCCC3)c2C(=O)Nc2ccccc2F)C1. The quantitative estimate of drug-likeness (QED) is 0.765. The Bertz CT molecular complexity index is 921. The van der Waals surface area contributed by atoms with Gasteiger partial charge in [-0.05, 0) is 68.8 Å². The number of hydrogen-bond acceptors (Lipinski definition) is 4. The molecule has 0 bridgehead atoms. The third-order valence-electron chi connectivity index (χ3n) is 5.68. The van der Waals surface area contributed by atoms with E-state index in [1.54, 1.807) is 18.2 Å². The lowest BCUT2D eigenvalue weighted by atomic mass is 9.88. The van der Waals surface area contributed by atoms with Gasteiger partial charge < -0.3 is 10.6 Å². The van der Waals surface area contributed by atoms with Crippen molar-refractivity contribution in [3.63, 3.8) is 0 Å². The number of fused-ring (bicyclic) bond motifs is 1. The number of thiophene rings is 1. The number of nitrogens with one attached hydrogen (secondary N) is 2. The third kappa shape index (κ3) is 4.51. The zero-order valence-corrected chi connectivity index (χ0v) is 17.4. The number of hydrogen-bond donors (Lipinski definition) is 2. The van der Waals surface area contributed by atoms with Gasteiger partial charge in [-0.25, -0.2) is 4.39 Å². The topological polar surface area (TPSA) is 61.4 Å². The molecule has 1 aliphatic heterocycles. The van der Waals surface area contributed by atoms with Gasteiger partial charge in [-0.2, -0.15) is 0 Å². The predicted molar refractivity (Wildman–Crippen MR) is 114 cm³/mol. The average molecular weight is 416 g/mol. The van der Waals surface area contributed by atoms with Crippen LogP contribution in [0, 0.1) is 11.7 Å². The molecule has 2 N–H and O–H groups in total. The highest BCUT2D eigenvalue weighted by molar-refractivity contribution is 7.17. The first-order valence-electron chi connectivity index (χ1n) is 10.2. The van der Waals surface area contributed by atoms with Crippen LogP contribution in [0.4, 0.5) is 15.1 Å². The first kappa shape index (κ1) is 20.0. The molecule has 1 saturated heterocycles. The van der Waals surface area contributed by atoms with Crippen molar-refractivity contribution in [2.24, 2.45) is 5.92 Å². The van der Waals surface area contributed by atoms with Crippen molar-refractivity contribution < 1.29 is 14.0 Å². The predicted octanol–water partition coefficient (Wildman–Crippen LogP) is 4.30. The van der Waals surface area contributed by atoms with E-state index < -0.39 is 5.82 Å². The molecule has 2 amide bonds. The molecule has 0 unspecified atom stereocenters. The molecular formula is C22H26FN3O2S. The first-order valence-corrected chi connectivity index (χ1v) is 11.1. The number of nitrogens with zero attached hydrogens (tertiary/aromatic N) is 1. The zero-order valence-electron chi connectivity index (χ0n) is 16.6. The van der Waals surface area contributed by atoms with E-state index in [4.69, 9.17) is 0 Å². The maximum atomic E-state index is 14.0. The summed E-state index contributed by atoms with van der Waals surface area (Å²) in [6.07, 6.45) is 4.95. The number of rotatable bonds is 5. The number of halogens is 1. The number of anilines is 2. The summed E-state index contributed by atoms with van der Waals surface area (Å²) in [5, 5.41) is 6.25. The molecule has 1 aromatic carbocycles. The van der Waals surface area contributed by atoms with Gasteiger partial charge in [0.2, 0.25) is 5.91 Å². The number of amides is 2. The van der Waals surface area contributed by atoms with Gasteiger partial charge in [0.25, 0.3) is 5.91 Å². The molecule has 2 heterocycles. The van der Waals surface area contributed by atoms with Gasteiger partial charge in [0.15, 0.2) is 0 Å². The van der Waals surface area contributed by atoms with Crippen LogP contribution in [0.15, 0.2) is 24.3 Å². The number of para-hydroxylation sites is 1. The van der Waals surface area contributed by atoms with Crippen LogP contribution < -0.4 is 10.6 Å². The molecule has 0 radical (unpaired) electrons. The summed E-state index contributed by atoms with van der Waals surface area (Å²) in [5.74, 6) is -0.382. The van der Waals surface area contributed by atoms with Crippen molar-refractivity contribution in [3.8, 4) is 0 Å². The molecule has 1 atom stereocenters. The molecule has 5 nitrogen and oxygen atoms in total. The Morgan fingerprint density at radius 2 is 1.97 bits per heavy atom. The highest BCUT2D eigenvalue weighted by Crippen LogP contribution is 2.40. The molecule has 0 saturated carbocycles. The Labute approximate surface area is 174 Å². The summed E-state index contributed by atoms with van der Waals surface area (Å²) in [6.45, 7) is 4.42. The second kappa shape index (κ2) is 8.63. The Kier molecular flexibility index (Phi) is 5.96. The van der Waals surface area contributed by atoms with Gasteiger partial charge in [-0.15, -0.1) is 11.3 Å². The average Bonchev–Trinajstić information content (AvgIpc) is 3.30. The number of benzene rings is 1. The molecule has 1 aliphatic carbocycles. The van der Waals surface area contributed by atoms with Gasteiger partial charge >= 0.3 is 0 Å². The highest BCUT2D eigenvalue weighted by Gasteiger charge is 2.29. The van der Waals surface area contributed by atoms with Gasteiger partial charge in [0.05, 0.1) is 17.8 Å². The summed E-state index contributed by atoms with van der Waals surface area (Å²) in [6, 6.07) is 6.13. The monoisotopic (exact) mass is 415 g/mol. The summed E-state index contributed by atoms with van der Waals surface area (Å²) in [7, 11) is 0. The van der Waals surface area contributed by atoms with Gasteiger partial charge in [0.1, 0.15) is 10.8 Å². The summed E-state index contributed by atoms with van der Waals surface area (Å²) < 4.78 is 14.0. The standard InChI is InChI=1S/C22H26FN3O2S/c1-14-8-9-15-18(12-14)29-22(25-19(27)13-26-10-4-5-11-26)20(15)21(28)24-17-7-3-2-6-16(17)23/h2-3,6-7,14H,4-5,8-13H2,1H3,(H,24,28)(H,25,27)/t14-/m1/s1. The number of carbonyl (C=O) groups excluding carboxylic acids is 2. The van der Waals surface area contributed by atoms with E-state index in [2.05, 4.69) is 22.5 Å². The van der Waals surface area contributed by atoms with Crippen molar-refractivity contribution in [3.05, 3.63) is 46.1 Å². The van der Waals surface area contributed by atoms with Crippen LogP contribution in [0.5, 0.6) is 0 Å². The molecule has 0 spiro atoms. The zero-order chi connectivity index (χ0) is 20.4. The fourth-order valence-corrected chi connectivity index (χ4v) is 5.56. The maximum absolute atomic E-state index is 14.0. The Morgan fingerprint density at radius 3 is 2.72 bits per heavy atom. The number of likely N-dealkylation sites (tertiary alicyclic amines) is 1. The maximum Gasteiger partial charge on any atom is 0.259 e. The molecular weight excluding hydrogens is 389 g/mol. The highest BCUT2D eigenvalue weighted by atomic mass is 32.1. The van der Waals surface area contributed by atoms with Gasteiger partial charge in [-0.1, -0.05) is 19.1 Å². The molecule has 2 aromatic rings. The minimum absolute atomic E-state index is 0.0986. The molecule has 154 valence electrons. The van der Waals surface area contributed by atoms with Crippen molar-refractivity contribution in [2.45, 2.75) is 39.0 Å². The van der Waals surface area contributed by atoms with E-state index in [0.717, 1.165) is 55.6 Å². The number of carbonyl (C=O) groups is 2. The second-order valence-electron chi connectivity index (χ2n) is 8.02. The van der Waals surface area contributed by atoms with E-state index in [-0.39, 0.29) is 17.5 Å². The Morgan fingerprint density at radius 1 is 1.21 bits per heavy atom. The summed E-state index contributed by atoms with van der Waals surface area (Å²) in [4.78, 5) is 29.0. The molecule has 7 heteroatoms. The van der Waals surface area contributed by atoms with Crippen molar-refractivity contribution in [2.75, 3.05) is 30.3 Å².